The Bertz CT molecular complexity index is 1780. The fourth-order valence-electron chi connectivity index (χ4n) is 10.8. The van der Waals surface area contributed by atoms with Crippen LogP contribution in [0.4, 0.5) is 0 Å². The molecule has 0 aromatic rings. The van der Waals surface area contributed by atoms with Crippen LogP contribution in [-0.4, -0.2) is 74.3 Å². The number of likely N-dealkylation sites (N-methyl/N-ethyl adjacent to an activating group) is 1. The highest BCUT2D eigenvalue weighted by Gasteiger charge is 2.30. The second-order valence-corrected chi connectivity index (χ2v) is 27.9. The summed E-state index contributed by atoms with van der Waals surface area (Å²) in [5, 5.41) is 3.07. The number of carbonyl (C=O) groups excluding carboxylic acids is 2. The van der Waals surface area contributed by atoms with E-state index in [1.165, 1.54) is 218 Å². The number of amides is 1. The van der Waals surface area contributed by atoms with Gasteiger partial charge in [0.25, 0.3) is 0 Å². The Hall–Kier alpha value is -2.81. The molecule has 1 amide bonds. The maximum atomic E-state index is 13.6. The molecule has 0 spiro atoms. The Kier molecular flexibility index (Phi) is 64.9. The monoisotopic (exact) mass is 1250 g/mol. The van der Waals surface area contributed by atoms with Crippen LogP contribution in [0.1, 0.15) is 348 Å². The van der Waals surface area contributed by atoms with Gasteiger partial charge in [0, 0.05) is 12.8 Å². The van der Waals surface area contributed by atoms with Gasteiger partial charge in [0.15, 0.2) is 0 Å². The van der Waals surface area contributed by atoms with Crippen LogP contribution >= 0.6 is 7.82 Å². The van der Waals surface area contributed by atoms with E-state index in [-0.39, 0.29) is 31.5 Å². The predicted molar refractivity (Wildman–Crippen MR) is 383 cm³/mol. The number of allylic oxidation sites excluding steroid dienone is 13. The van der Waals surface area contributed by atoms with Crippen LogP contribution in [0.25, 0.3) is 0 Å². The minimum absolute atomic E-state index is 0.0361. The molecule has 0 saturated carbocycles. The highest BCUT2D eigenvalue weighted by atomic mass is 31.2. The van der Waals surface area contributed by atoms with Crippen LogP contribution in [0.15, 0.2) is 85.1 Å². The normalized spacial score (nSPS) is 13.9. The van der Waals surface area contributed by atoms with E-state index in [1.54, 1.807) is 0 Å². The van der Waals surface area contributed by atoms with Gasteiger partial charge >= 0.3 is 13.8 Å². The van der Waals surface area contributed by atoms with Gasteiger partial charge in [0.2, 0.25) is 5.91 Å². The largest absolute Gasteiger partial charge is 0.472 e. The predicted octanol–water partition coefficient (Wildman–Crippen LogP) is 24.1. The van der Waals surface area contributed by atoms with Crippen LogP contribution in [0.3, 0.4) is 0 Å². The van der Waals surface area contributed by atoms with Gasteiger partial charge < -0.3 is 19.4 Å². The number of esters is 1. The number of unbranched alkanes of at least 4 members (excludes halogenated alkanes) is 40. The zero-order valence-electron chi connectivity index (χ0n) is 58.7. The van der Waals surface area contributed by atoms with Crippen molar-refractivity contribution in [3.63, 3.8) is 0 Å². The van der Waals surface area contributed by atoms with Crippen molar-refractivity contribution < 1.29 is 37.3 Å². The third-order valence-corrected chi connectivity index (χ3v) is 17.5. The first-order valence-corrected chi connectivity index (χ1v) is 38.9. The number of hydrogen-bond acceptors (Lipinski definition) is 6. The van der Waals surface area contributed by atoms with Crippen LogP contribution in [0, 0.1) is 0 Å². The molecule has 0 aliphatic carbocycles. The molecule has 3 unspecified atom stereocenters. The molecule has 3 atom stereocenters. The van der Waals surface area contributed by atoms with E-state index in [0.717, 1.165) is 96.3 Å². The van der Waals surface area contributed by atoms with E-state index in [1.807, 2.05) is 33.3 Å². The molecule has 0 heterocycles. The summed E-state index contributed by atoms with van der Waals surface area (Å²) in [5.41, 5.74) is 0. The van der Waals surface area contributed by atoms with E-state index in [4.69, 9.17) is 13.8 Å². The zero-order valence-corrected chi connectivity index (χ0v) is 59.6. The van der Waals surface area contributed by atoms with E-state index >= 15 is 0 Å². The summed E-state index contributed by atoms with van der Waals surface area (Å²) in [6.45, 7) is 6.99. The summed E-state index contributed by atoms with van der Waals surface area (Å²) < 4.78 is 30.9. The number of phosphoric acid groups is 1. The number of nitrogens with one attached hydrogen (secondary N) is 1. The highest BCUT2D eigenvalue weighted by Crippen LogP contribution is 2.43. The molecule has 0 aliphatic rings. The fourth-order valence-corrected chi connectivity index (χ4v) is 11.5. The molecule has 10 heteroatoms. The summed E-state index contributed by atoms with van der Waals surface area (Å²) in [4.78, 5) is 38.0. The Morgan fingerprint density at radius 1 is 0.398 bits per heavy atom. The minimum Gasteiger partial charge on any atom is -0.456 e. The van der Waals surface area contributed by atoms with Crippen molar-refractivity contribution in [3.8, 4) is 0 Å². The van der Waals surface area contributed by atoms with Gasteiger partial charge in [-0.25, -0.2) is 4.57 Å². The molecule has 88 heavy (non-hydrogen) atoms. The summed E-state index contributed by atoms with van der Waals surface area (Å²) in [5.74, 6) is -0.507. The second kappa shape index (κ2) is 67.1. The van der Waals surface area contributed by atoms with Crippen molar-refractivity contribution in [2.75, 3.05) is 40.9 Å². The number of carbonyl (C=O) groups is 2. The second-order valence-electron chi connectivity index (χ2n) is 26.5. The maximum absolute atomic E-state index is 13.6. The molecule has 512 valence electrons. The van der Waals surface area contributed by atoms with Gasteiger partial charge in [-0.1, -0.05) is 312 Å². The average molecular weight is 1250 g/mol. The third-order valence-electron chi connectivity index (χ3n) is 16.6. The number of rotatable bonds is 68. The van der Waals surface area contributed by atoms with Crippen LogP contribution in [0.2, 0.25) is 0 Å². The van der Waals surface area contributed by atoms with Crippen molar-refractivity contribution in [2.24, 2.45) is 0 Å². The van der Waals surface area contributed by atoms with Crippen molar-refractivity contribution >= 4 is 19.7 Å². The molecule has 0 saturated heterocycles. The first kappa shape index (κ1) is 85.2. The fraction of sp³-hybridized carbons (Fsp3) is 0.795. The van der Waals surface area contributed by atoms with Crippen molar-refractivity contribution in [3.05, 3.63) is 85.1 Å². The highest BCUT2D eigenvalue weighted by molar-refractivity contribution is 7.47. The number of phosphoric ester groups is 1. The van der Waals surface area contributed by atoms with E-state index in [0.29, 0.717) is 17.4 Å². The quantitative estimate of drug-likeness (QED) is 0.0205. The number of quaternary nitrogens is 1. The SMILES string of the molecule is CCCCC/C=C\C/C=C\C/C=C\C/C=C\CCCCCCCCCC(=O)NC(COP(=O)(O)OCC[N+](C)(C)C)C(/C=C/CCCCCCCCCCCC)OC(=O)CCCCCCCCCCCCCCCCCCC/C=C\C/C=C\CCCCC. The zero-order chi connectivity index (χ0) is 64.2. The Labute approximate surface area is 546 Å². The topological polar surface area (TPSA) is 111 Å². The summed E-state index contributed by atoms with van der Waals surface area (Å²) in [7, 11) is 1.49. The lowest BCUT2D eigenvalue weighted by molar-refractivity contribution is -0.870. The van der Waals surface area contributed by atoms with Gasteiger partial charge in [0.05, 0.1) is 33.8 Å². The Morgan fingerprint density at radius 3 is 1.06 bits per heavy atom. The van der Waals surface area contributed by atoms with E-state index < -0.39 is 20.0 Å². The van der Waals surface area contributed by atoms with Gasteiger partial charge in [0.1, 0.15) is 19.3 Å². The molecule has 0 radical (unpaired) electrons. The van der Waals surface area contributed by atoms with E-state index in [9.17, 15) is 19.0 Å². The molecule has 0 fully saturated rings. The van der Waals surface area contributed by atoms with Crippen molar-refractivity contribution in [2.45, 2.75) is 360 Å². The molecule has 9 nitrogen and oxygen atoms in total. The van der Waals surface area contributed by atoms with Gasteiger partial charge in [-0.3, -0.25) is 18.6 Å². The standard InChI is InChI=1S/C78H143N2O7P/c1-7-10-13-16-19-22-25-28-30-32-34-36-38-39-40-41-43-45-47-49-51-53-56-59-62-65-68-71-78(82)87-76(69-66-63-60-57-54-27-24-21-18-15-12-9-3)75(74-86-88(83,84)85-73-72-80(4,5)6)79-77(81)70-67-64-61-58-55-52-50-48-46-44-42-37-35-33-31-29-26-23-20-17-14-11-8-2/h19-20,22-23,28-31,35,37,44,46,66,69,75-76H,7-18,21,24-27,32-34,36,38-43,45,47-65,67-68,70-74H2,1-6H3,(H-,79,81,83,84)/p+1/b22-19-,23-20-,30-28-,31-29-,37-35-,46-44-,69-66+. The van der Waals surface area contributed by atoms with Crippen LogP contribution in [0.5, 0.6) is 0 Å². The van der Waals surface area contributed by atoms with Crippen molar-refractivity contribution in [1.29, 1.82) is 0 Å². The summed E-state index contributed by atoms with van der Waals surface area (Å²) in [6.07, 6.45) is 90.3. The molecular formula is C78H144N2O7P+. The van der Waals surface area contributed by atoms with Gasteiger partial charge in [-0.2, -0.15) is 0 Å². The Morgan fingerprint density at radius 2 is 0.693 bits per heavy atom. The molecule has 0 bridgehead atoms. The lowest BCUT2D eigenvalue weighted by Gasteiger charge is -2.27. The molecule has 2 N–H and O–H groups in total. The number of hydrogen-bond donors (Lipinski definition) is 2. The van der Waals surface area contributed by atoms with Gasteiger partial charge in [-0.15, -0.1) is 0 Å². The van der Waals surface area contributed by atoms with Crippen LogP contribution < -0.4 is 5.32 Å². The molecule has 0 aliphatic heterocycles. The first-order valence-electron chi connectivity index (χ1n) is 37.4. The molecule has 0 aromatic heterocycles. The lowest BCUT2D eigenvalue weighted by Crippen LogP contribution is -2.47. The van der Waals surface area contributed by atoms with Crippen molar-refractivity contribution in [1.82, 2.24) is 5.32 Å². The first-order chi connectivity index (χ1) is 42.9. The van der Waals surface area contributed by atoms with E-state index in [2.05, 4.69) is 99.0 Å². The smallest absolute Gasteiger partial charge is 0.456 e. The number of nitrogens with zero attached hydrogens (tertiary/aromatic N) is 1. The van der Waals surface area contributed by atoms with Gasteiger partial charge in [-0.05, 0) is 109 Å². The molecular weight excluding hydrogens is 1110 g/mol. The summed E-state index contributed by atoms with van der Waals surface area (Å²) in [6, 6.07) is -0.858. The minimum atomic E-state index is -4.46. The number of ether oxygens (including phenoxy) is 1. The lowest BCUT2D eigenvalue weighted by atomic mass is 10.0. The molecule has 0 rings (SSSR count). The third kappa shape index (κ3) is 67.6. The average Bonchev–Trinajstić information content (AvgIpc) is 3.53. The summed E-state index contributed by atoms with van der Waals surface area (Å²) >= 11 is 0. The Balaban J connectivity index is 5.01. The maximum Gasteiger partial charge on any atom is 0.472 e. The molecule has 0 aromatic carbocycles. The van der Waals surface area contributed by atoms with Crippen LogP contribution in [-0.2, 0) is 27.9 Å².